The minimum Gasteiger partial charge on any atom is -0.343 e. The molecule has 0 amide bonds. The maximum absolute atomic E-state index is 10.6. The third-order valence-electron chi connectivity index (χ3n) is 2.82. The molecule has 0 saturated heterocycles. The molecule has 104 valence electrons. The molecule has 0 atom stereocenters. The second-order valence-electron chi connectivity index (χ2n) is 4.26. The van der Waals surface area contributed by atoms with Crippen molar-refractivity contribution in [2.24, 2.45) is 5.73 Å². The van der Waals surface area contributed by atoms with Gasteiger partial charge in [0.05, 0.1) is 10.6 Å². The number of non-ortho nitro benzene ring substituents is 1. The smallest absolute Gasteiger partial charge is 0.269 e. The van der Waals surface area contributed by atoms with Crippen LogP contribution in [0.5, 0.6) is 0 Å². The second-order valence-corrected chi connectivity index (χ2v) is 4.26. The van der Waals surface area contributed by atoms with Crippen LogP contribution in [0.4, 0.5) is 11.6 Å². The van der Waals surface area contributed by atoms with Crippen molar-refractivity contribution >= 4 is 11.6 Å². The van der Waals surface area contributed by atoms with E-state index in [-0.39, 0.29) is 5.69 Å². The number of nitro groups is 1. The second kappa shape index (κ2) is 6.07. The van der Waals surface area contributed by atoms with Crippen molar-refractivity contribution in [1.82, 2.24) is 9.97 Å². The Bertz CT molecular complexity index is 600. The zero-order valence-corrected chi connectivity index (χ0v) is 11.1. The number of benzene rings is 1. The fourth-order valence-corrected chi connectivity index (χ4v) is 1.74. The van der Waals surface area contributed by atoms with Crippen molar-refractivity contribution in [3.63, 3.8) is 0 Å². The molecular weight excluding hydrogens is 258 g/mol. The van der Waals surface area contributed by atoms with E-state index in [1.807, 2.05) is 11.9 Å². The first-order valence-electron chi connectivity index (χ1n) is 6.11. The summed E-state index contributed by atoms with van der Waals surface area (Å²) < 4.78 is 0. The van der Waals surface area contributed by atoms with Crippen molar-refractivity contribution in [3.05, 3.63) is 46.6 Å². The molecule has 0 aliphatic rings. The number of hydrogen-bond acceptors (Lipinski definition) is 6. The molecule has 0 aliphatic carbocycles. The van der Waals surface area contributed by atoms with Crippen molar-refractivity contribution in [2.45, 2.75) is 0 Å². The van der Waals surface area contributed by atoms with Gasteiger partial charge in [-0.25, -0.2) is 9.97 Å². The van der Waals surface area contributed by atoms with Crippen LogP contribution < -0.4 is 10.6 Å². The standard InChI is InChI=1S/C13H15N5O2/c1-17(9-7-14)13-15-8-6-12(16-13)10-2-4-11(5-3-10)18(19)20/h2-6,8H,7,9,14H2,1H3. The van der Waals surface area contributed by atoms with Gasteiger partial charge in [0.2, 0.25) is 5.95 Å². The molecule has 2 aromatic rings. The van der Waals surface area contributed by atoms with Crippen molar-refractivity contribution in [1.29, 1.82) is 0 Å². The van der Waals surface area contributed by atoms with Gasteiger partial charge in [-0.3, -0.25) is 10.1 Å². The van der Waals surface area contributed by atoms with E-state index in [4.69, 9.17) is 5.73 Å². The highest BCUT2D eigenvalue weighted by atomic mass is 16.6. The van der Waals surface area contributed by atoms with Crippen molar-refractivity contribution < 1.29 is 4.92 Å². The maximum Gasteiger partial charge on any atom is 0.269 e. The molecule has 1 aromatic carbocycles. The molecule has 0 aliphatic heterocycles. The van der Waals surface area contributed by atoms with Gasteiger partial charge in [0.1, 0.15) is 0 Å². The van der Waals surface area contributed by atoms with Gasteiger partial charge >= 0.3 is 0 Å². The molecule has 2 rings (SSSR count). The summed E-state index contributed by atoms with van der Waals surface area (Å²) in [6.45, 7) is 1.17. The summed E-state index contributed by atoms with van der Waals surface area (Å²) in [5, 5.41) is 10.6. The van der Waals surface area contributed by atoms with Crippen LogP contribution in [0.2, 0.25) is 0 Å². The highest BCUT2D eigenvalue weighted by Crippen LogP contribution is 2.21. The summed E-state index contributed by atoms with van der Waals surface area (Å²) in [6.07, 6.45) is 1.66. The van der Waals surface area contributed by atoms with Gasteiger partial charge in [0.25, 0.3) is 5.69 Å². The lowest BCUT2D eigenvalue weighted by Crippen LogP contribution is -2.26. The van der Waals surface area contributed by atoms with E-state index in [1.165, 1.54) is 12.1 Å². The van der Waals surface area contributed by atoms with Crippen molar-refractivity contribution in [3.8, 4) is 11.3 Å². The minimum atomic E-state index is -0.426. The van der Waals surface area contributed by atoms with Gasteiger partial charge in [-0.05, 0) is 18.2 Å². The van der Waals surface area contributed by atoms with E-state index in [1.54, 1.807) is 24.4 Å². The SMILES string of the molecule is CN(CCN)c1nccc(-c2ccc([N+](=O)[O-])cc2)n1. The molecular formula is C13H15N5O2. The maximum atomic E-state index is 10.6. The lowest BCUT2D eigenvalue weighted by molar-refractivity contribution is -0.384. The number of aromatic nitrogens is 2. The molecule has 1 heterocycles. The van der Waals surface area contributed by atoms with Gasteiger partial charge in [-0.1, -0.05) is 0 Å². The lowest BCUT2D eigenvalue weighted by Gasteiger charge is -2.16. The van der Waals surface area contributed by atoms with Crippen LogP contribution in [0.1, 0.15) is 0 Å². The van der Waals surface area contributed by atoms with Crippen LogP contribution in [0.25, 0.3) is 11.3 Å². The monoisotopic (exact) mass is 273 g/mol. The highest BCUT2D eigenvalue weighted by Gasteiger charge is 2.08. The summed E-state index contributed by atoms with van der Waals surface area (Å²) in [4.78, 5) is 20.7. The Balaban J connectivity index is 2.28. The predicted molar refractivity (Wildman–Crippen MR) is 76.4 cm³/mol. The molecule has 7 heteroatoms. The third-order valence-corrected chi connectivity index (χ3v) is 2.82. The lowest BCUT2D eigenvalue weighted by atomic mass is 10.1. The van der Waals surface area contributed by atoms with Gasteiger partial charge < -0.3 is 10.6 Å². The quantitative estimate of drug-likeness (QED) is 0.654. The Morgan fingerprint density at radius 1 is 1.30 bits per heavy atom. The van der Waals surface area contributed by atoms with E-state index >= 15 is 0 Å². The zero-order valence-electron chi connectivity index (χ0n) is 11.1. The van der Waals surface area contributed by atoms with E-state index in [0.717, 1.165) is 5.56 Å². The molecule has 0 unspecified atom stereocenters. The van der Waals surface area contributed by atoms with Crippen LogP contribution in [0.3, 0.4) is 0 Å². The Labute approximate surface area is 116 Å². The van der Waals surface area contributed by atoms with E-state index in [2.05, 4.69) is 9.97 Å². The molecule has 0 fully saturated rings. The Hall–Kier alpha value is -2.54. The fourth-order valence-electron chi connectivity index (χ4n) is 1.74. The Morgan fingerprint density at radius 3 is 2.60 bits per heavy atom. The van der Waals surface area contributed by atoms with Crippen LogP contribution in [-0.4, -0.2) is 35.0 Å². The van der Waals surface area contributed by atoms with E-state index in [9.17, 15) is 10.1 Å². The van der Waals surface area contributed by atoms with E-state index < -0.39 is 4.92 Å². The van der Waals surface area contributed by atoms with Gasteiger partial charge in [-0.2, -0.15) is 0 Å². The number of rotatable bonds is 5. The normalized spacial score (nSPS) is 10.3. The molecule has 20 heavy (non-hydrogen) atoms. The number of likely N-dealkylation sites (N-methyl/N-ethyl adjacent to an activating group) is 1. The molecule has 0 spiro atoms. The van der Waals surface area contributed by atoms with Gasteiger partial charge in [-0.15, -0.1) is 0 Å². The average molecular weight is 273 g/mol. The number of hydrogen-bond donors (Lipinski definition) is 1. The summed E-state index contributed by atoms with van der Waals surface area (Å²) >= 11 is 0. The first-order valence-corrected chi connectivity index (χ1v) is 6.11. The van der Waals surface area contributed by atoms with E-state index in [0.29, 0.717) is 24.7 Å². The Kier molecular flexibility index (Phi) is 4.21. The molecule has 2 N–H and O–H groups in total. The first kappa shape index (κ1) is 13.9. The summed E-state index contributed by atoms with van der Waals surface area (Å²) in [5.74, 6) is 0.575. The topological polar surface area (TPSA) is 98.2 Å². The van der Waals surface area contributed by atoms with Crippen LogP contribution in [0.15, 0.2) is 36.5 Å². The molecule has 7 nitrogen and oxygen atoms in total. The van der Waals surface area contributed by atoms with Gasteiger partial charge in [0, 0.05) is 44.0 Å². The van der Waals surface area contributed by atoms with Crippen molar-refractivity contribution in [2.75, 3.05) is 25.0 Å². The average Bonchev–Trinajstić information content (AvgIpc) is 2.48. The van der Waals surface area contributed by atoms with Gasteiger partial charge in [0.15, 0.2) is 0 Å². The third kappa shape index (κ3) is 3.07. The molecule has 0 radical (unpaired) electrons. The summed E-state index contributed by atoms with van der Waals surface area (Å²) in [6, 6.07) is 8.03. The molecule has 1 aromatic heterocycles. The highest BCUT2D eigenvalue weighted by molar-refractivity contribution is 5.61. The Morgan fingerprint density at radius 2 is 2.00 bits per heavy atom. The van der Waals surface area contributed by atoms with Crippen LogP contribution in [0, 0.1) is 10.1 Å². The first-order chi connectivity index (χ1) is 9.61. The number of nitrogens with two attached hydrogens (primary N) is 1. The molecule has 0 saturated carbocycles. The zero-order chi connectivity index (χ0) is 14.5. The summed E-state index contributed by atoms with van der Waals surface area (Å²) in [7, 11) is 1.86. The largest absolute Gasteiger partial charge is 0.343 e. The number of nitrogens with zero attached hydrogens (tertiary/aromatic N) is 4. The predicted octanol–water partition coefficient (Wildman–Crippen LogP) is 1.45. The minimum absolute atomic E-state index is 0.0586. The fraction of sp³-hybridized carbons (Fsp3) is 0.231. The molecule has 0 bridgehead atoms. The summed E-state index contributed by atoms with van der Waals surface area (Å²) in [5.41, 5.74) is 7.08. The van der Waals surface area contributed by atoms with Crippen LogP contribution >= 0.6 is 0 Å². The van der Waals surface area contributed by atoms with Crippen LogP contribution in [-0.2, 0) is 0 Å². The number of nitro benzene ring substituents is 1. The number of anilines is 1.